The molecule has 2 heterocycles. The van der Waals surface area contributed by atoms with Crippen molar-refractivity contribution in [2.45, 2.75) is 47.1 Å². The first-order valence-electron chi connectivity index (χ1n) is 6.86. The van der Waals surface area contributed by atoms with E-state index in [9.17, 15) is 0 Å². The predicted octanol–water partition coefficient (Wildman–Crippen LogP) is 2.47. The minimum Gasteiger partial charge on any atom is -0.326 e. The summed E-state index contributed by atoms with van der Waals surface area (Å²) in [6.45, 7) is 8.77. The first kappa shape index (κ1) is 13.7. The van der Waals surface area contributed by atoms with Gasteiger partial charge in [0.1, 0.15) is 0 Å². The second-order valence-electron chi connectivity index (χ2n) is 4.80. The Morgan fingerprint density at radius 2 is 1.89 bits per heavy atom. The Bertz CT molecular complexity index is 584. The SMILES string of the molecule is CCc1cc(CC)n(-c2cc(C)nc(C)c2CN)n1. The fourth-order valence-electron chi connectivity index (χ4n) is 2.38. The molecule has 2 N–H and O–H groups in total. The molecule has 0 saturated heterocycles. The molecule has 4 nitrogen and oxygen atoms in total. The third kappa shape index (κ3) is 2.54. The molecule has 2 aromatic rings. The smallest absolute Gasteiger partial charge is 0.0729 e. The first-order chi connectivity index (χ1) is 9.10. The van der Waals surface area contributed by atoms with E-state index in [0.29, 0.717) is 6.54 Å². The van der Waals surface area contributed by atoms with Gasteiger partial charge >= 0.3 is 0 Å². The second kappa shape index (κ2) is 5.53. The third-order valence-corrected chi connectivity index (χ3v) is 3.43. The highest BCUT2D eigenvalue weighted by Gasteiger charge is 2.13. The minimum absolute atomic E-state index is 0.485. The van der Waals surface area contributed by atoms with E-state index >= 15 is 0 Å². The Kier molecular flexibility index (Phi) is 4.00. The quantitative estimate of drug-likeness (QED) is 0.916. The number of rotatable bonds is 4. The van der Waals surface area contributed by atoms with Crippen LogP contribution in [0.3, 0.4) is 0 Å². The monoisotopic (exact) mass is 258 g/mol. The number of nitrogens with two attached hydrogens (primary N) is 1. The van der Waals surface area contributed by atoms with Crippen LogP contribution in [0.25, 0.3) is 5.69 Å². The topological polar surface area (TPSA) is 56.7 Å². The second-order valence-corrected chi connectivity index (χ2v) is 4.80. The van der Waals surface area contributed by atoms with Crippen LogP contribution in [0.4, 0.5) is 0 Å². The summed E-state index contributed by atoms with van der Waals surface area (Å²) in [4.78, 5) is 4.49. The largest absolute Gasteiger partial charge is 0.326 e. The van der Waals surface area contributed by atoms with Gasteiger partial charge in [-0.2, -0.15) is 5.10 Å². The number of nitrogens with zero attached hydrogens (tertiary/aromatic N) is 3. The molecule has 0 atom stereocenters. The number of hydrogen-bond acceptors (Lipinski definition) is 3. The van der Waals surface area contributed by atoms with Crippen molar-refractivity contribution < 1.29 is 0 Å². The van der Waals surface area contributed by atoms with Crippen LogP contribution in [0.1, 0.15) is 42.2 Å². The molecule has 0 aliphatic rings. The van der Waals surface area contributed by atoms with Crippen molar-refractivity contribution in [1.29, 1.82) is 0 Å². The van der Waals surface area contributed by atoms with Gasteiger partial charge in [0.25, 0.3) is 0 Å². The molecule has 0 bridgehead atoms. The molecule has 19 heavy (non-hydrogen) atoms. The summed E-state index contributed by atoms with van der Waals surface area (Å²) in [5.74, 6) is 0. The molecular formula is C15H22N4. The normalized spacial score (nSPS) is 11.0. The van der Waals surface area contributed by atoms with Crippen molar-refractivity contribution in [2.75, 3.05) is 0 Å². The van der Waals surface area contributed by atoms with Crippen LogP contribution in [0, 0.1) is 13.8 Å². The van der Waals surface area contributed by atoms with Gasteiger partial charge in [0.15, 0.2) is 0 Å². The van der Waals surface area contributed by atoms with Gasteiger partial charge in [0, 0.05) is 29.2 Å². The lowest BCUT2D eigenvalue weighted by molar-refractivity contribution is 0.775. The van der Waals surface area contributed by atoms with E-state index in [0.717, 1.165) is 41.2 Å². The van der Waals surface area contributed by atoms with Crippen LogP contribution in [-0.2, 0) is 19.4 Å². The zero-order chi connectivity index (χ0) is 14.0. The van der Waals surface area contributed by atoms with Crippen molar-refractivity contribution >= 4 is 0 Å². The molecule has 0 aliphatic carbocycles. The maximum absolute atomic E-state index is 5.89. The number of aromatic nitrogens is 3. The zero-order valence-corrected chi connectivity index (χ0v) is 12.2. The molecule has 0 spiro atoms. The lowest BCUT2D eigenvalue weighted by Gasteiger charge is -2.14. The molecule has 0 aliphatic heterocycles. The van der Waals surface area contributed by atoms with Crippen LogP contribution >= 0.6 is 0 Å². The number of pyridine rings is 1. The summed E-state index contributed by atoms with van der Waals surface area (Å²) in [5, 5.41) is 4.69. The van der Waals surface area contributed by atoms with Crippen LogP contribution in [0.5, 0.6) is 0 Å². The van der Waals surface area contributed by atoms with E-state index < -0.39 is 0 Å². The van der Waals surface area contributed by atoms with Gasteiger partial charge in [0.05, 0.1) is 11.4 Å². The summed E-state index contributed by atoms with van der Waals surface area (Å²) in [5.41, 5.74) is 12.4. The summed E-state index contributed by atoms with van der Waals surface area (Å²) < 4.78 is 2.03. The third-order valence-electron chi connectivity index (χ3n) is 3.43. The molecule has 0 fully saturated rings. The van der Waals surface area contributed by atoms with Crippen LogP contribution in [-0.4, -0.2) is 14.8 Å². The molecule has 2 rings (SSSR count). The summed E-state index contributed by atoms with van der Waals surface area (Å²) in [6, 6.07) is 4.24. The van der Waals surface area contributed by atoms with Gasteiger partial charge in [-0.15, -0.1) is 0 Å². The Labute approximate surface area is 114 Å². The van der Waals surface area contributed by atoms with Crippen molar-refractivity contribution in [1.82, 2.24) is 14.8 Å². The van der Waals surface area contributed by atoms with Gasteiger partial charge in [-0.1, -0.05) is 13.8 Å². The molecular weight excluding hydrogens is 236 g/mol. The maximum atomic E-state index is 5.89. The van der Waals surface area contributed by atoms with E-state index in [4.69, 9.17) is 10.8 Å². The van der Waals surface area contributed by atoms with Crippen LogP contribution in [0.15, 0.2) is 12.1 Å². The maximum Gasteiger partial charge on any atom is 0.0729 e. The van der Waals surface area contributed by atoms with Crippen molar-refractivity contribution in [3.05, 3.63) is 40.5 Å². The van der Waals surface area contributed by atoms with E-state index in [1.54, 1.807) is 0 Å². The molecule has 102 valence electrons. The van der Waals surface area contributed by atoms with Crippen LogP contribution in [0.2, 0.25) is 0 Å². The van der Waals surface area contributed by atoms with E-state index in [1.165, 1.54) is 5.69 Å². The predicted molar refractivity (Wildman–Crippen MR) is 77.5 cm³/mol. The molecule has 0 amide bonds. The van der Waals surface area contributed by atoms with Gasteiger partial charge in [-0.05, 0) is 38.8 Å². The van der Waals surface area contributed by atoms with Crippen molar-refractivity contribution in [3.8, 4) is 5.69 Å². The lowest BCUT2D eigenvalue weighted by Crippen LogP contribution is -2.12. The summed E-state index contributed by atoms with van der Waals surface area (Å²) in [7, 11) is 0. The Hall–Kier alpha value is -1.68. The lowest BCUT2D eigenvalue weighted by atomic mass is 10.1. The average Bonchev–Trinajstić information content (AvgIpc) is 2.81. The average molecular weight is 258 g/mol. The molecule has 0 unspecified atom stereocenters. The van der Waals surface area contributed by atoms with Gasteiger partial charge < -0.3 is 5.73 Å². The minimum atomic E-state index is 0.485. The standard InChI is InChI=1S/C15H22N4/c1-5-12-8-13(6-2)19(18-12)15-7-10(3)17-11(4)14(15)9-16/h7-8H,5-6,9,16H2,1-4H3. The van der Waals surface area contributed by atoms with E-state index in [-0.39, 0.29) is 0 Å². The molecule has 0 radical (unpaired) electrons. The molecule has 0 aromatic carbocycles. The molecule has 2 aromatic heterocycles. The Morgan fingerprint density at radius 3 is 2.47 bits per heavy atom. The fraction of sp³-hybridized carbons (Fsp3) is 0.467. The highest BCUT2D eigenvalue weighted by molar-refractivity contribution is 5.45. The van der Waals surface area contributed by atoms with Crippen molar-refractivity contribution in [3.63, 3.8) is 0 Å². The number of hydrogen-bond donors (Lipinski definition) is 1. The van der Waals surface area contributed by atoms with Crippen LogP contribution < -0.4 is 5.73 Å². The van der Waals surface area contributed by atoms with Gasteiger partial charge in [0.2, 0.25) is 0 Å². The summed E-state index contributed by atoms with van der Waals surface area (Å²) >= 11 is 0. The van der Waals surface area contributed by atoms with E-state index in [1.807, 2.05) is 18.5 Å². The zero-order valence-electron chi connectivity index (χ0n) is 12.2. The first-order valence-corrected chi connectivity index (χ1v) is 6.86. The highest BCUT2D eigenvalue weighted by atomic mass is 15.3. The van der Waals surface area contributed by atoms with Crippen molar-refractivity contribution in [2.24, 2.45) is 5.73 Å². The fourth-order valence-corrected chi connectivity index (χ4v) is 2.38. The Balaban J connectivity index is 2.66. The summed E-state index contributed by atoms with van der Waals surface area (Å²) in [6.07, 6.45) is 1.90. The molecule has 4 heteroatoms. The highest BCUT2D eigenvalue weighted by Crippen LogP contribution is 2.21. The van der Waals surface area contributed by atoms with E-state index in [2.05, 4.69) is 31.0 Å². The van der Waals surface area contributed by atoms with Gasteiger partial charge in [-0.3, -0.25) is 4.98 Å². The Morgan fingerprint density at radius 1 is 1.16 bits per heavy atom. The number of aryl methyl sites for hydroxylation is 4. The molecule has 0 saturated carbocycles. The van der Waals surface area contributed by atoms with Gasteiger partial charge in [-0.25, -0.2) is 4.68 Å².